The predicted molar refractivity (Wildman–Crippen MR) is 172 cm³/mol. The molecule has 240 valence electrons. The highest BCUT2D eigenvalue weighted by Crippen LogP contribution is 2.29. The smallest absolute Gasteiger partial charge is 0.251 e. The van der Waals surface area contributed by atoms with Crippen molar-refractivity contribution in [1.29, 1.82) is 0 Å². The van der Waals surface area contributed by atoms with Gasteiger partial charge in [-0.15, -0.1) is 0 Å². The Morgan fingerprint density at radius 2 is 1.93 bits per heavy atom. The molecule has 2 aliphatic heterocycles. The molecule has 3 heterocycles. The molecule has 2 aliphatic rings. The molecule has 2 atom stereocenters. The van der Waals surface area contributed by atoms with Crippen LogP contribution in [-0.4, -0.2) is 71.1 Å². The van der Waals surface area contributed by atoms with Crippen molar-refractivity contribution in [2.24, 2.45) is 0 Å². The number of ether oxygens (including phenoxy) is 3. The third-order valence-electron chi connectivity index (χ3n) is 8.49. The van der Waals surface area contributed by atoms with Gasteiger partial charge in [-0.05, 0) is 61.7 Å². The molecule has 0 unspecified atom stereocenters. The van der Waals surface area contributed by atoms with Gasteiger partial charge in [0.15, 0.2) is 0 Å². The number of carbonyl (C=O) groups excluding carboxylic acids is 3. The second-order valence-corrected chi connectivity index (χ2v) is 11.7. The van der Waals surface area contributed by atoms with Crippen LogP contribution < -0.4 is 20.1 Å². The Morgan fingerprint density at radius 3 is 2.80 bits per heavy atom. The quantitative estimate of drug-likeness (QED) is 0.345. The SMILES string of the molecule is COc1cc2cc(c1)C(=O)NCCCC(=O)N[C@H]1CN(C(=O)CCn3c(C)nc4ccccc43)CC[C@@H]1OCc1cccc(c1)O2. The minimum absolute atomic E-state index is 0.0248. The number of amides is 3. The third kappa shape index (κ3) is 7.31. The first-order chi connectivity index (χ1) is 22.4. The average molecular weight is 626 g/mol. The van der Waals surface area contributed by atoms with Crippen molar-refractivity contribution >= 4 is 28.8 Å². The molecule has 46 heavy (non-hydrogen) atoms. The van der Waals surface area contributed by atoms with Crippen molar-refractivity contribution in [3.63, 3.8) is 0 Å². The summed E-state index contributed by atoms with van der Waals surface area (Å²) < 4.78 is 20.0. The number of carbonyl (C=O) groups is 3. The number of hydrogen-bond acceptors (Lipinski definition) is 7. The number of fused-ring (bicyclic) bond motifs is 6. The van der Waals surface area contributed by atoms with Gasteiger partial charge in [-0.2, -0.15) is 0 Å². The Labute approximate surface area is 267 Å². The first kappa shape index (κ1) is 31.1. The van der Waals surface area contributed by atoms with Crippen LogP contribution in [0.1, 0.15) is 47.4 Å². The number of benzene rings is 3. The van der Waals surface area contributed by atoms with Gasteiger partial charge < -0.3 is 34.3 Å². The van der Waals surface area contributed by atoms with E-state index >= 15 is 0 Å². The molecule has 3 amide bonds. The van der Waals surface area contributed by atoms with E-state index in [-0.39, 0.29) is 36.3 Å². The average Bonchev–Trinajstić information content (AvgIpc) is 3.39. The van der Waals surface area contributed by atoms with E-state index in [1.807, 2.05) is 60.4 Å². The van der Waals surface area contributed by atoms with Gasteiger partial charge in [0.05, 0.1) is 36.9 Å². The zero-order valence-electron chi connectivity index (χ0n) is 26.2. The van der Waals surface area contributed by atoms with E-state index in [9.17, 15) is 14.4 Å². The van der Waals surface area contributed by atoms with Crippen LogP contribution in [-0.2, 0) is 27.5 Å². The Hall–Kier alpha value is -4.90. The predicted octanol–water partition coefficient (Wildman–Crippen LogP) is 4.36. The van der Waals surface area contributed by atoms with Crippen LogP contribution in [0.2, 0.25) is 0 Å². The fourth-order valence-electron chi connectivity index (χ4n) is 6.09. The number of nitrogens with one attached hydrogen (secondary N) is 2. The Morgan fingerprint density at radius 1 is 1.07 bits per heavy atom. The largest absolute Gasteiger partial charge is 0.497 e. The zero-order valence-corrected chi connectivity index (χ0v) is 26.2. The van der Waals surface area contributed by atoms with Crippen LogP contribution in [0.4, 0.5) is 0 Å². The van der Waals surface area contributed by atoms with E-state index < -0.39 is 0 Å². The molecule has 3 aromatic carbocycles. The number of aromatic nitrogens is 2. The molecule has 0 aliphatic carbocycles. The minimum Gasteiger partial charge on any atom is -0.497 e. The number of rotatable bonds is 4. The maximum Gasteiger partial charge on any atom is 0.251 e. The monoisotopic (exact) mass is 625 g/mol. The second-order valence-electron chi connectivity index (χ2n) is 11.7. The van der Waals surface area contributed by atoms with E-state index in [1.165, 1.54) is 7.11 Å². The molecule has 11 heteroatoms. The molecule has 4 aromatic rings. The molecule has 2 N–H and O–H groups in total. The summed E-state index contributed by atoms with van der Waals surface area (Å²) in [5.41, 5.74) is 3.21. The fraction of sp³-hybridized carbons (Fsp3) is 0.371. The molecule has 1 fully saturated rings. The van der Waals surface area contributed by atoms with Gasteiger partial charge in [-0.25, -0.2) is 4.98 Å². The molecular formula is C35H39N5O6. The highest BCUT2D eigenvalue weighted by atomic mass is 16.5. The molecular weight excluding hydrogens is 586 g/mol. The van der Waals surface area contributed by atoms with Crippen LogP contribution in [0.5, 0.6) is 17.2 Å². The van der Waals surface area contributed by atoms with E-state index in [1.54, 1.807) is 18.2 Å². The van der Waals surface area contributed by atoms with E-state index in [4.69, 9.17) is 14.2 Å². The standard InChI is InChI=1S/C35H39N5O6/c1-23-37-29-9-3-4-10-31(29)40(23)16-13-34(42)39-15-12-32-30(21-39)38-33(41)11-6-14-36-35(43)25-18-27(44-2)20-28(19-25)46-26-8-5-7-24(17-26)22-45-32/h3-5,7-10,17-20,30,32H,6,11-16,21-22H2,1-2H3,(H,36,43)(H,38,41)/t30-,32-/m0/s1. The van der Waals surface area contributed by atoms with Crippen molar-refractivity contribution in [3.8, 4) is 17.2 Å². The summed E-state index contributed by atoms with van der Waals surface area (Å²) in [6.45, 7) is 3.99. The van der Waals surface area contributed by atoms with E-state index in [2.05, 4.69) is 20.2 Å². The van der Waals surface area contributed by atoms with Gasteiger partial charge in [-0.3, -0.25) is 14.4 Å². The summed E-state index contributed by atoms with van der Waals surface area (Å²) in [4.78, 5) is 45.8. The number of aryl methyl sites for hydroxylation is 2. The molecule has 11 nitrogen and oxygen atoms in total. The van der Waals surface area contributed by atoms with Gasteiger partial charge in [0.2, 0.25) is 11.8 Å². The van der Waals surface area contributed by atoms with Crippen LogP contribution in [0.15, 0.2) is 66.7 Å². The second kappa shape index (κ2) is 14.0. The summed E-state index contributed by atoms with van der Waals surface area (Å²) in [6, 6.07) is 20.1. The van der Waals surface area contributed by atoms with Crippen molar-refractivity contribution < 1.29 is 28.6 Å². The topological polar surface area (TPSA) is 124 Å². The highest BCUT2D eigenvalue weighted by molar-refractivity contribution is 5.95. The van der Waals surface area contributed by atoms with Crippen LogP contribution >= 0.6 is 0 Å². The molecule has 0 saturated carbocycles. The molecule has 0 radical (unpaired) electrons. The van der Waals surface area contributed by atoms with Gasteiger partial charge in [0, 0.05) is 50.7 Å². The number of imidazole rings is 1. The summed E-state index contributed by atoms with van der Waals surface area (Å²) in [7, 11) is 1.54. The number of nitrogens with zero attached hydrogens (tertiary/aromatic N) is 3. The van der Waals surface area contributed by atoms with Crippen molar-refractivity contribution in [3.05, 3.63) is 83.7 Å². The summed E-state index contributed by atoms with van der Waals surface area (Å²) in [6.07, 6.45) is 1.31. The van der Waals surface area contributed by atoms with Gasteiger partial charge >= 0.3 is 0 Å². The molecule has 1 saturated heterocycles. The number of likely N-dealkylation sites (tertiary alicyclic amines) is 1. The van der Waals surface area contributed by atoms with Gasteiger partial charge in [0.25, 0.3) is 5.91 Å². The van der Waals surface area contributed by atoms with E-state index in [0.717, 1.165) is 22.4 Å². The van der Waals surface area contributed by atoms with Crippen LogP contribution in [0, 0.1) is 6.92 Å². The van der Waals surface area contributed by atoms with E-state index in [0.29, 0.717) is 74.9 Å². The number of piperidine rings is 1. The maximum atomic E-state index is 13.4. The first-order valence-electron chi connectivity index (χ1n) is 15.7. The molecule has 0 spiro atoms. The Balaban J connectivity index is 1.16. The molecule has 6 rings (SSSR count). The van der Waals surface area contributed by atoms with Crippen LogP contribution in [0.25, 0.3) is 11.0 Å². The summed E-state index contributed by atoms with van der Waals surface area (Å²) >= 11 is 0. The fourth-order valence-corrected chi connectivity index (χ4v) is 6.09. The lowest BCUT2D eigenvalue weighted by Crippen LogP contribution is -2.57. The van der Waals surface area contributed by atoms with Crippen LogP contribution in [0.3, 0.4) is 0 Å². The minimum atomic E-state index is -0.374. The van der Waals surface area contributed by atoms with Gasteiger partial charge in [-0.1, -0.05) is 24.3 Å². The highest BCUT2D eigenvalue weighted by Gasteiger charge is 2.33. The normalized spacial score (nSPS) is 19.2. The lowest BCUT2D eigenvalue weighted by Gasteiger charge is -2.39. The number of para-hydroxylation sites is 2. The van der Waals surface area contributed by atoms with Gasteiger partial charge in [0.1, 0.15) is 23.1 Å². The Bertz CT molecular complexity index is 1740. The maximum absolute atomic E-state index is 13.4. The lowest BCUT2D eigenvalue weighted by atomic mass is 10.0. The Kier molecular flexibility index (Phi) is 9.49. The first-order valence-corrected chi connectivity index (χ1v) is 15.7. The number of methoxy groups -OCH3 is 1. The molecule has 4 bridgehead atoms. The molecule has 1 aromatic heterocycles. The summed E-state index contributed by atoms with van der Waals surface area (Å²) in [5.74, 6) is 2.02. The zero-order chi connectivity index (χ0) is 32.0. The lowest BCUT2D eigenvalue weighted by molar-refractivity contribution is -0.137. The summed E-state index contributed by atoms with van der Waals surface area (Å²) in [5, 5.41) is 6.00. The van der Waals surface area contributed by atoms with Crippen molar-refractivity contribution in [2.45, 2.75) is 57.9 Å². The third-order valence-corrected chi connectivity index (χ3v) is 8.49. The number of hydrogen-bond donors (Lipinski definition) is 2. The van der Waals surface area contributed by atoms with Crippen molar-refractivity contribution in [2.75, 3.05) is 26.7 Å². The van der Waals surface area contributed by atoms with Crippen molar-refractivity contribution in [1.82, 2.24) is 25.1 Å².